The lowest BCUT2D eigenvalue weighted by molar-refractivity contribution is -0.134. The first-order chi connectivity index (χ1) is 16.2. The molecule has 0 radical (unpaired) electrons. The predicted molar refractivity (Wildman–Crippen MR) is 127 cm³/mol. The van der Waals surface area contributed by atoms with Gasteiger partial charge in [0.1, 0.15) is 22.3 Å². The molecule has 1 aliphatic rings. The maximum atomic E-state index is 13.8. The van der Waals surface area contributed by atoms with E-state index in [2.05, 4.69) is 9.97 Å². The van der Waals surface area contributed by atoms with Gasteiger partial charge in [0.15, 0.2) is 5.69 Å². The summed E-state index contributed by atoms with van der Waals surface area (Å²) in [6, 6.07) is 5.71. The number of furan rings is 1. The number of carboxylic acid groups (broad SMARTS) is 1. The van der Waals surface area contributed by atoms with Gasteiger partial charge in [0.2, 0.25) is 5.91 Å². The Labute approximate surface area is 202 Å². The molecule has 34 heavy (non-hydrogen) atoms. The van der Waals surface area contributed by atoms with E-state index in [0.717, 1.165) is 42.0 Å². The standard InChI is InChI=1S/C25H29N3O5S/c1-15-12-18(33-16(15)2)6-5-11-28(14-21-27-22(23(29)30)17(3)34-21)24(31)25(9-10-25)20-8-7-19(32-4)13-26-20/h7-8,12-13H,5-6,9-11,14H2,1-4H3,(H,29,30). The molecule has 4 rings (SSSR count). The number of pyridine rings is 1. The predicted octanol–water partition coefficient (Wildman–Crippen LogP) is 4.46. The van der Waals surface area contributed by atoms with Crippen molar-refractivity contribution in [2.75, 3.05) is 13.7 Å². The van der Waals surface area contributed by atoms with Crippen LogP contribution in [0.1, 0.15) is 62.4 Å². The number of hydrogen-bond donors (Lipinski definition) is 1. The number of carbonyl (C=O) groups is 2. The molecular weight excluding hydrogens is 454 g/mol. The van der Waals surface area contributed by atoms with Crippen molar-refractivity contribution >= 4 is 23.2 Å². The summed E-state index contributed by atoms with van der Waals surface area (Å²) in [7, 11) is 1.58. The second kappa shape index (κ2) is 9.58. The van der Waals surface area contributed by atoms with Crippen molar-refractivity contribution in [3.63, 3.8) is 0 Å². The number of ether oxygens (including phenoxy) is 1. The number of rotatable bonds is 10. The lowest BCUT2D eigenvalue weighted by Gasteiger charge is -2.26. The fourth-order valence-electron chi connectivity index (χ4n) is 4.14. The zero-order chi connectivity index (χ0) is 24.5. The molecule has 0 aliphatic heterocycles. The molecule has 1 fully saturated rings. The Balaban J connectivity index is 1.54. The van der Waals surface area contributed by atoms with Gasteiger partial charge < -0.3 is 19.2 Å². The van der Waals surface area contributed by atoms with E-state index in [4.69, 9.17) is 9.15 Å². The molecule has 1 N–H and O–H groups in total. The third-order valence-electron chi connectivity index (χ3n) is 6.35. The number of carbonyl (C=O) groups excluding carboxylic acids is 1. The van der Waals surface area contributed by atoms with Gasteiger partial charge >= 0.3 is 5.97 Å². The molecule has 1 saturated carbocycles. The molecule has 0 spiro atoms. The average Bonchev–Trinajstić information content (AvgIpc) is 3.45. The van der Waals surface area contributed by atoms with Crippen LogP contribution in [0.2, 0.25) is 0 Å². The monoisotopic (exact) mass is 483 g/mol. The topological polar surface area (TPSA) is 106 Å². The SMILES string of the molecule is COc1ccc(C2(C(=O)N(CCCc3cc(C)c(C)o3)Cc3nc(C(=O)O)c(C)s3)CC2)nc1. The van der Waals surface area contributed by atoms with E-state index in [0.29, 0.717) is 28.6 Å². The summed E-state index contributed by atoms with van der Waals surface area (Å²) in [4.78, 5) is 36.5. The van der Waals surface area contributed by atoms with Gasteiger partial charge in [-0.15, -0.1) is 11.3 Å². The molecule has 3 heterocycles. The third kappa shape index (κ3) is 4.84. The molecule has 0 saturated heterocycles. The molecule has 3 aromatic heterocycles. The van der Waals surface area contributed by atoms with E-state index in [1.54, 1.807) is 25.1 Å². The number of aromatic nitrogens is 2. The molecule has 0 atom stereocenters. The summed E-state index contributed by atoms with van der Waals surface area (Å²) < 4.78 is 11.0. The van der Waals surface area contributed by atoms with Gasteiger partial charge in [0.05, 0.1) is 31.0 Å². The second-order valence-electron chi connectivity index (χ2n) is 8.77. The number of amides is 1. The molecule has 3 aromatic rings. The lowest BCUT2D eigenvalue weighted by Crippen LogP contribution is -2.40. The molecule has 1 aliphatic carbocycles. The number of nitrogens with zero attached hydrogens (tertiary/aromatic N) is 3. The minimum Gasteiger partial charge on any atom is -0.495 e. The smallest absolute Gasteiger partial charge is 0.355 e. The summed E-state index contributed by atoms with van der Waals surface area (Å²) in [6.45, 7) is 6.48. The van der Waals surface area contributed by atoms with E-state index in [1.807, 2.05) is 32.0 Å². The minimum atomic E-state index is -1.05. The van der Waals surface area contributed by atoms with Crippen molar-refractivity contribution in [2.45, 2.75) is 58.4 Å². The van der Waals surface area contributed by atoms with Crippen LogP contribution in [-0.4, -0.2) is 45.5 Å². The molecule has 0 bridgehead atoms. The lowest BCUT2D eigenvalue weighted by atomic mass is 9.99. The van der Waals surface area contributed by atoms with Gasteiger partial charge in [-0.1, -0.05) is 0 Å². The van der Waals surface area contributed by atoms with Crippen molar-refractivity contribution in [1.29, 1.82) is 0 Å². The van der Waals surface area contributed by atoms with E-state index in [-0.39, 0.29) is 18.1 Å². The van der Waals surface area contributed by atoms with Crippen LogP contribution in [0.25, 0.3) is 0 Å². The van der Waals surface area contributed by atoms with E-state index in [9.17, 15) is 14.7 Å². The number of carboxylic acids is 1. The second-order valence-corrected chi connectivity index (χ2v) is 10.1. The molecule has 0 unspecified atom stereocenters. The van der Waals surface area contributed by atoms with Crippen LogP contribution < -0.4 is 4.74 Å². The van der Waals surface area contributed by atoms with Crippen LogP contribution in [0.4, 0.5) is 0 Å². The highest BCUT2D eigenvalue weighted by Crippen LogP contribution is 2.49. The molecule has 180 valence electrons. The quantitative estimate of drug-likeness (QED) is 0.454. The van der Waals surface area contributed by atoms with E-state index < -0.39 is 11.4 Å². The van der Waals surface area contributed by atoms with Crippen molar-refractivity contribution in [3.8, 4) is 5.75 Å². The van der Waals surface area contributed by atoms with Crippen molar-refractivity contribution in [1.82, 2.24) is 14.9 Å². The van der Waals surface area contributed by atoms with Gasteiger partial charge in [-0.25, -0.2) is 9.78 Å². The van der Waals surface area contributed by atoms with Crippen molar-refractivity contribution in [3.05, 3.63) is 62.8 Å². The Morgan fingerprint density at radius 1 is 1.26 bits per heavy atom. The van der Waals surface area contributed by atoms with Crippen LogP contribution in [0.3, 0.4) is 0 Å². The highest BCUT2D eigenvalue weighted by molar-refractivity contribution is 7.11. The summed E-state index contributed by atoms with van der Waals surface area (Å²) in [5.41, 5.74) is 1.26. The Hall–Kier alpha value is -3.20. The summed E-state index contributed by atoms with van der Waals surface area (Å²) in [5, 5.41) is 10.00. The molecule has 9 heteroatoms. The first-order valence-electron chi connectivity index (χ1n) is 11.3. The number of aromatic carboxylic acids is 1. The first-order valence-corrected chi connectivity index (χ1v) is 12.1. The fourth-order valence-corrected chi connectivity index (χ4v) is 5.08. The highest BCUT2D eigenvalue weighted by atomic mass is 32.1. The number of thiazole rings is 1. The Kier molecular flexibility index (Phi) is 6.74. The van der Waals surface area contributed by atoms with Gasteiger partial charge in [-0.05, 0) is 63.8 Å². The van der Waals surface area contributed by atoms with E-state index in [1.165, 1.54) is 11.3 Å². The number of aryl methyl sites for hydroxylation is 4. The van der Waals surface area contributed by atoms with Crippen LogP contribution in [0.15, 0.2) is 28.8 Å². The Bertz CT molecular complexity index is 1170. The molecular formula is C25H29N3O5S. The number of methoxy groups -OCH3 is 1. The fraction of sp³-hybridized carbons (Fsp3) is 0.440. The summed E-state index contributed by atoms with van der Waals surface area (Å²) in [5.74, 6) is 1.40. The highest BCUT2D eigenvalue weighted by Gasteiger charge is 2.54. The van der Waals surface area contributed by atoms with Crippen molar-refractivity contribution < 1.29 is 23.8 Å². The largest absolute Gasteiger partial charge is 0.495 e. The van der Waals surface area contributed by atoms with Crippen LogP contribution in [0, 0.1) is 20.8 Å². The molecule has 0 aromatic carbocycles. The Morgan fingerprint density at radius 2 is 2.03 bits per heavy atom. The normalized spacial score (nSPS) is 14.1. The maximum Gasteiger partial charge on any atom is 0.355 e. The minimum absolute atomic E-state index is 0.00157. The van der Waals surface area contributed by atoms with E-state index >= 15 is 0 Å². The van der Waals surface area contributed by atoms with Gasteiger partial charge in [-0.2, -0.15) is 0 Å². The average molecular weight is 484 g/mol. The zero-order valence-electron chi connectivity index (χ0n) is 19.9. The first kappa shape index (κ1) is 23.9. The van der Waals surface area contributed by atoms with Crippen LogP contribution >= 0.6 is 11.3 Å². The van der Waals surface area contributed by atoms with Gasteiger partial charge in [0, 0.05) is 17.8 Å². The molecule has 8 nitrogen and oxygen atoms in total. The van der Waals surface area contributed by atoms with Crippen LogP contribution in [0.5, 0.6) is 5.75 Å². The van der Waals surface area contributed by atoms with Gasteiger partial charge in [0.25, 0.3) is 0 Å². The third-order valence-corrected chi connectivity index (χ3v) is 7.30. The Morgan fingerprint density at radius 3 is 2.56 bits per heavy atom. The maximum absolute atomic E-state index is 13.8. The van der Waals surface area contributed by atoms with Crippen LogP contribution in [-0.2, 0) is 23.2 Å². The summed E-state index contributed by atoms with van der Waals surface area (Å²) >= 11 is 1.32. The molecule has 1 amide bonds. The van der Waals surface area contributed by atoms with Gasteiger partial charge in [-0.3, -0.25) is 9.78 Å². The van der Waals surface area contributed by atoms with Crippen molar-refractivity contribution in [2.24, 2.45) is 0 Å². The summed E-state index contributed by atoms with van der Waals surface area (Å²) in [6.07, 6.45) is 4.53. The zero-order valence-corrected chi connectivity index (χ0v) is 20.7. The number of hydrogen-bond acceptors (Lipinski definition) is 7.